The Kier molecular flexibility index (Phi) is 3.94. The highest BCUT2D eigenvalue weighted by molar-refractivity contribution is 5.96. The van der Waals surface area contributed by atoms with Gasteiger partial charge < -0.3 is 15.4 Å². The van der Waals surface area contributed by atoms with Crippen molar-refractivity contribution in [1.29, 1.82) is 0 Å². The Labute approximate surface area is 106 Å². The Bertz CT molecular complexity index is 455. The lowest BCUT2D eigenvalue weighted by molar-refractivity contribution is -0.119. The maximum Gasteiger partial charge on any atom is 0.250 e. The number of amides is 2. The first kappa shape index (κ1) is 12.6. The summed E-state index contributed by atoms with van der Waals surface area (Å²) >= 11 is 0. The fourth-order valence-electron chi connectivity index (χ4n) is 1.59. The van der Waals surface area contributed by atoms with Gasteiger partial charge in [0.25, 0.3) is 0 Å². The minimum absolute atomic E-state index is 0.0126. The van der Waals surface area contributed by atoms with E-state index >= 15 is 0 Å². The maximum atomic E-state index is 11.6. The van der Waals surface area contributed by atoms with E-state index in [0.29, 0.717) is 11.4 Å². The van der Waals surface area contributed by atoms with Crippen LogP contribution >= 0.6 is 0 Å². The van der Waals surface area contributed by atoms with E-state index in [1.807, 2.05) is 0 Å². The third-order valence-electron chi connectivity index (χ3n) is 2.64. The van der Waals surface area contributed by atoms with E-state index in [0.717, 1.165) is 12.8 Å². The summed E-state index contributed by atoms with van der Waals surface area (Å²) in [6.07, 6.45) is 1.94. The number of nitrogens with one attached hydrogen (secondary N) is 2. The van der Waals surface area contributed by atoms with E-state index in [2.05, 4.69) is 10.6 Å². The molecule has 1 aliphatic carbocycles. The second-order valence-corrected chi connectivity index (χ2v) is 4.33. The van der Waals surface area contributed by atoms with Crippen LogP contribution in [0.2, 0.25) is 0 Å². The number of carbonyl (C=O) groups excluding carboxylic acids is 2. The molecule has 96 valence electrons. The summed E-state index contributed by atoms with van der Waals surface area (Å²) in [6, 6.07) is 7.07. The summed E-state index contributed by atoms with van der Waals surface area (Å²) in [7, 11) is 1.46. The molecule has 0 aliphatic heterocycles. The fraction of sp³-hybridized carbons (Fsp3) is 0.385. The quantitative estimate of drug-likeness (QED) is 0.832. The van der Waals surface area contributed by atoms with Crippen LogP contribution in [0, 0.1) is 5.92 Å². The molecule has 0 unspecified atom stereocenters. The van der Waals surface area contributed by atoms with E-state index in [1.54, 1.807) is 24.3 Å². The second kappa shape index (κ2) is 5.64. The molecule has 0 saturated heterocycles. The molecule has 1 aromatic carbocycles. The van der Waals surface area contributed by atoms with Crippen molar-refractivity contribution in [2.45, 2.75) is 12.8 Å². The Hall–Kier alpha value is -1.88. The van der Waals surface area contributed by atoms with Gasteiger partial charge in [0, 0.05) is 24.4 Å². The number of ether oxygens (including phenoxy) is 1. The molecule has 2 N–H and O–H groups in total. The normalized spacial score (nSPS) is 14.1. The molecule has 0 radical (unpaired) electrons. The number of hydrogen-bond acceptors (Lipinski definition) is 3. The number of methoxy groups -OCH3 is 1. The zero-order valence-electron chi connectivity index (χ0n) is 10.2. The molecule has 2 rings (SSSR count). The van der Waals surface area contributed by atoms with E-state index in [9.17, 15) is 9.59 Å². The number of benzene rings is 1. The standard InChI is InChI=1S/C13H16N2O3/c1-18-8-12(16)14-10-3-2-4-11(7-10)15-13(17)9-5-6-9/h2-4,7,9H,5-6,8H2,1H3,(H,14,16)(H,15,17). The van der Waals surface area contributed by atoms with Gasteiger partial charge in [0.1, 0.15) is 6.61 Å². The van der Waals surface area contributed by atoms with Gasteiger partial charge >= 0.3 is 0 Å². The summed E-state index contributed by atoms with van der Waals surface area (Å²) < 4.78 is 4.73. The van der Waals surface area contributed by atoms with Gasteiger partial charge in [-0.25, -0.2) is 0 Å². The first-order valence-corrected chi connectivity index (χ1v) is 5.89. The van der Waals surface area contributed by atoms with Crippen LogP contribution in [0.15, 0.2) is 24.3 Å². The average molecular weight is 248 g/mol. The summed E-state index contributed by atoms with van der Waals surface area (Å²) in [5.41, 5.74) is 1.34. The van der Waals surface area contributed by atoms with Gasteiger partial charge in [-0.2, -0.15) is 0 Å². The lowest BCUT2D eigenvalue weighted by Crippen LogP contribution is -2.17. The molecule has 5 heteroatoms. The summed E-state index contributed by atoms with van der Waals surface area (Å²) in [5.74, 6) is -0.00437. The monoisotopic (exact) mass is 248 g/mol. The first-order valence-electron chi connectivity index (χ1n) is 5.89. The molecular formula is C13H16N2O3. The van der Waals surface area contributed by atoms with Gasteiger partial charge in [-0.1, -0.05) is 6.07 Å². The molecule has 5 nitrogen and oxygen atoms in total. The Balaban J connectivity index is 1.95. The van der Waals surface area contributed by atoms with Crippen LogP contribution in [0.3, 0.4) is 0 Å². The Morgan fingerprint density at radius 1 is 1.28 bits per heavy atom. The van der Waals surface area contributed by atoms with E-state index < -0.39 is 0 Å². The molecule has 1 saturated carbocycles. The van der Waals surface area contributed by atoms with Crippen LogP contribution in [0.5, 0.6) is 0 Å². The van der Waals surface area contributed by atoms with Crippen LogP contribution in [0.4, 0.5) is 11.4 Å². The SMILES string of the molecule is COCC(=O)Nc1cccc(NC(=O)C2CC2)c1. The van der Waals surface area contributed by atoms with Gasteiger partial charge in [-0.05, 0) is 31.0 Å². The van der Waals surface area contributed by atoms with Crippen LogP contribution in [-0.2, 0) is 14.3 Å². The molecule has 18 heavy (non-hydrogen) atoms. The lowest BCUT2D eigenvalue weighted by Gasteiger charge is -2.08. The molecular weight excluding hydrogens is 232 g/mol. The third kappa shape index (κ3) is 3.56. The second-order valence-electron chi connectivity index (χ2n) is 4.33. The number of anilines is 2. The van der Waals surface area contributed by atoms with Crippen molar-refractivity contribution in [3.63, 3.8) is 0 Å². The van der Waals surface area contributed by atoms with Crippen LogP contribution in [0.1, 0.15) is 12.8 Å². The Morgan fingerprint density at radius 3 is 2.56 bits per heavy atom. The minimum Gasteiger partial charge on any atom is -0.375 e. The molecule has 1 aromatic rings. The lowest BCUT2D eigenvalue weighted by atomic mass is 10.2. The smallest absolute Gasteiger partial charge is 0.250 e. The van der Waals surface area contributed by atoms with Crippen LogP contribution in [0.25, 0.3) is 0 Å². The maximum absolute atomic E-state index is 11.6. The molecule has 0 atom stereocenters. The molecule has 1 fully saturated rings. The topological polar surface area (TPSA) is 67.4 Å². The molecule has 0 heterocycles. The van der Waals surface area contributed by atoms with Crippen molar-refractivity contribution in [1.82, 2.24) is 0 Å². The predicted octanol–water partition coefficient (Wildman–Crippen LogP) is 1.62. The molecule has 0 bridgehead atoms. The largest absolute Gasteiger partial charge is 0.375 e. The van der Waals surface area contributed by atoms with Crippen molar-refractivity contribution < 1.29 is 14.3 Å². The number of rotatable bonds is 5. The summed E-state index contributed by atoms with van der Waals surface area (Å²) in [5, 5.41) is 5.51. The van der Waals surface area contributed by atoms with Crippen LogP contribution in [-0.4, -0.2) is 25.5 Å². The highest BCUT2D eigenvalue weighted by Gasteiger charge is 2.29. The fourth-order valence-corrected chi connectivity index (χ4v) is 1.59. The van der Waals surface area contributed by atoms with Gasteiger partial charge in [0.15, 0.2) is 0 Å². The van der Waals surface area contributed by atoms with Crippen molar-refractivity contribution in [2.24, 2.45) is 5.92 Å². The van der Waals surface area contributed by atoms with Gasteiger partial charge in [0.05, 0.1) is 0 Å². The highest BCUT2D eigenvalue weighted by Crippen LogP contribution is 2.30. The molecule has 2 amide bonds. The average Bonchev–Trinajstić information content (AvgIpc) is 3.13. The molecule has 1 aliphatic rings. The summed E-state index contributed by atoms with van der Waals surface area (Å²) in [4.78, 5) is 22.9. The minimum atomic E-state index is -0.219. The van der Waals surface area contributed by atoms with E-state index in [1.165, 1.54) is 7.11 Å². The van der Waals surface area contributed by atoms with Gasteiger partial charge in [0.2, 0.25) is 11.8 Å². The molecule has 0 spiro atoms. The number of carbonyl (C=O) groups is 2. The highest BCUT2D eigenvalue weighted by atomic mass is 16.5. The first-order chi connectivity index (χ1) is 8.69. The summed E-state index contributed by atoms with van der Waals surface area (Å²) in [6.45, 7) is 0.0126. The third-order valence-corrected chi connectivity index (χ3v) is 2.64. The Morgan fingerprint density at radius 2 is 1.94 bits per heavy atom. The van der Waals surface area contributed by atoms with Crippen molar-refractivity contribution >= 4 is 23.2 Å². The number of hydrogen-bond donors (Lipinski definition) is 2. The molecule has 0 aromatic heterocycles. The predicted molar refractivity (Wildman–Crippen MR) is 68.3 cm³/mol. The van der Waals surface area contributed by atoms with Crippen LogP contribution < -0.4 is 10.6 Å². The zero-order valence-corrected chi connectivity index (χ0v) is 10.2. The van der Waals surface area contributed by atoms with Crippen molar-refractivity contribution in [2.75, 3.05) is 24.4 Å². The van der Waals surface area contributed by atoms with E-state index in [-0.39, 0.29) is 24.3 Å². The van der Waals surface area contributed by atoms with E-state index in [4.69, 9.17) is 4.74 Å². The van der Waals surface area contributed by atoms with Gasteiger partial charge in [-0.3, -0.25) is 9.59 Å². The van der Waals surface area contributed by atoms with Gasteiger partial charge in [-0.15, -0.1) is 0 Å². The van der Waals surface area contributed by atoms with Crippen molar-refractivity contribution in [3.8, 4) is 0 Å². The van der Waals surface area contributed by atoms with Crippen molar-refractivity contribution in [3.05, 3.63) is 24.3 Å². The zero-order chi connectivity index (χ0) is 13.0.